The van der Waals surface area contributed by atoms with Crippen LogP contribution in [0.1, 0.15) is 11.5 Å². The number of aromatic nitrogens is 3. The molecule has 0 aliphatic carbocycles. The standard InChI is InChI=1S/C16H14ClN5O2/c1-10-21-22-15(24-10)12-3-5-13(6-4-12)20-16(23)19-9-11-2-7-14(17)18-8-11/h2-8H,9H2,1H3,(H2,19,20,23). The molecule has 8 heteroatoms. The number of amides is 2. The minimum absolute atomic E-state index is 0.314. The zero-order valence-corrected chi connectivity index (χ0v) is 13.5. The summed E-state index contributed by atoms with van der Waals surface area (Å²) in [6, 6.07) is 10.3. The molecule has 2 N–H and O–H groups in total. The largest absolute Gasteiger partial charge is 0.421 e. The van der Waals surface area contributed by atoms with Gasteiger partial charge in [0, 0.05) is 30.9 Å². The number of halogens is 1. The van der Waals surface area contributed by atoms with E-state index in [-0.39, 0.29) is 6.03 Å². The maximum atomic E-state index is 11.9. The first-order valence-electron chi connectivity index (χ1n) is 7.16. The molecule has 2 amide bonds. The summed E-state index contributed by atoms with van der Waals surface area (Å²) in [5, 5.41) is 13.6. The lowest BCUT2D eigenvalue weighted by atomic mass is 10.2. The molecule has 0 aliphatic rings. The first-order chi connectivity index (χ1) is 11.6. The lowest BCUT2D eigenvalue weighted by Crippen LogP contribution is -2.28. The van der Waals surface area contributed by atoms with Crippen LogP contribution in [0.4, 0.5) is 10.5 Å². The van der Waals surface area contributed by atoms with Crippen LogP contribution in [0.3, 0.4) is 0 Å². The smallest absolute Gasteiger partial charge is 0.319 e. The number of carbonyl (C=O) groups excluding carboxylic acids is 1. The Morgan fingerprint density at radius 2 is 1.96 bits per heavy atom. The van der Waals surface area contributed by atoms with Gasteiger partial charge in [-0.2, -0.15) is 0 Å². The molecule has 2 aromatic heterocycles. The number of rotatable bonds is 4. The van der Waals surface area contributed by atoms with E-state index in [9.17, 15) is 4.79 Å². The van der Waals surface area contributed by atoms with E-state index in [0.717, 1.165) is 11.1 Å². The predicted octanol–water partition coefficient (Wildman–Crippen LogP) is 3.42. The van der Waals surface area contributed by atoms with Crippen LogP contribution < -0.4 is 10.6 Å². The monoisotopic (exact) mass is 343 g/mol. The Morgan fingerprint density at radius 1 is 1.17 bits per heavy atom. The van der Waals surface area contributed by atoms with Crippen molar-refractivity contribution < 1.29 is 9.21 Å². The molecule has 0 spiro atoms. The summed E-state index contributed by atoms with van der Waals surface area (Å²) in [5.41, 5.74) is 2.30. The number of aryl methyl sites for hydroxylation is 1. The molecule has 0 unspecified atom stereocenters. The molecule has 0 atom stereocenters. The molecule has 0 aliphatic heterocycles. The number of hydrogen-bond donors (Lipinski definition) is 2. The van der Waals surface area contributed by atoms with E-state index in [1.807, 2.05) is 0 Å². The molecular weight excluding hydrogens is 330 g/mol. The van der Waals surface area contributed by atoms with Crippen molar-refractivity contribution >= 4 is 23.3 Å². The van der Waals surface area contributed by atoms with Gasteiger partial charge in [-0.1, -0.05) is 17.7 Å². The molecule has 3 rings (SSSR count). The predicted molar refractivity (Wildman–Crippen MR) is 89.6 cm³/mol. The number of hydrogen-bond acceptors (Lipinski definition) is 5. The van der Waals surface area contributed by atoms with E-state index in [4.69, 9.17) is 16.0 Å². The lowest BCUT2D eigenvalue weighted by molar-refractivity contribution is 0.251. The van der Waals surface area contributed by atoms with Crippen molar-refractivity contribution in [2.24, 2.45) is 0 Å². The highest BCUT2D eigenvalue weighted by Gasteiger charge is 2.07. The second-order valence-electron chi connectivity index (χ2n) is 5.00. The van der Waals surface area contributed by atoms with Gasteiger partial charge >= 0.3 is 6.03 Å². The van der Waals surface area contributed by atoms with E-state index < -0.39 is 0 Å². The van der Waals surface area contributed by atoms with Crippen molar-refractivity contribution in [2.75, 3.05) is 5.32 Å². The van der Waals surface area contributed by atoms with Crippen LogP contribution >= 0.6 is 11.6 Å². The highest BCUT2D eigenvalue weighted by molar-refractivity contribution is 6.29. The number of nitrogens with one attached hydrogen (secondary N) is 2. The van der Waals surface area contributed by atoms with Gasteiger partial charge in [0.05, 0.1) is 0 Å². The van der Waals surface area contributed by atoms with Gasteiger partial charge in [-0.05, 0) is 35.9 Å². The fraction of sp³-hybridized carbons (Fsp3) is 0.125. The highest BCUT2D eigenvalue weighted by atomic mass is 35.5. The summed E-state index contributed by atoms with van der Waals surface area (Å²) in [6.45, 7) is 2.09. The van der Waals surface area contributed by atoms with Crippen molar-refractivity contribution in [3.8, 4) is 11.5 Å². The quantitative estimate of drug-likeness (QED) is 0.708. The molecule has 0 bridgehead atoms. The van der Waals surface area contributed by atoms with Gasteiger partial charge in [0.25, 0.3) is 0 Å². The molecular formula is C16H14ClN5O2. The van der Waals surface area contributed by atoms with Crippen molar-refractivity contribution in [2.45, 2.75) is 13.5 Å². The van der Waals surface area contributed by atoms with Crippen molar-refractivity contribution in [3.63, 3.8) is 0 Å². The number of pyridine rings is 1. The third-order valence-corrected chi connectivity index (χ3v) is 3.38. The Balaban J connectivity index is 1.55. The molecule has 0 radical (unpaired) electrons. The number of nitrogens with zero attached hydrogens (tertiary/aromatic N) is 3. The second kappa shape index (κ2) is 7.10. The van der Waals surface area contributed by atoms with Crippen LogP contribution in [0.2, 0.25) is 5.15 Å². The van der Waals surface area contributed by atoms with Gasteiger partial charge in [-0.3, -0.25) is 0 Å². The van der Waals surface area contributed by atoms with Crippen LogP contribution in [0.15, 0.2) is 47.0 Å². The molecule has 122 valence electrons. The molecule has 7 nitrogen and oxygen atoms in total. The SMILES string of the molecule is Cc1nnc(-c2ccc(NC(=O)NCc3ccc(Cl)nc3)cc2)o1. The maximum Gasteiger partial charge on any atom is 0.319 e. The van der Waals surface area contributed by atoms with Gasteiger partial charge in [-0.15, -0.1) is 10.2 Å². The van der Waals surface area contributed by atoms with Crippen LogP contribution in [-0.4, -0.2) is 21.2 Å². The van der Waals surface area contributed by atoms with Gasteiger partial charge in [0.2, 0.25) is 11.8 Å². The average Bonchev–Trinajstić information content (AvgIpc) is 3.01. The minimum atomic E-state index is -0.314. The molecule has 2 heterocycles. The summed E-state index contributed by atoms with van der Waals surface area (Å²) >= 11 is 5.71. The average molecular weight is 344 g/mol. The van der Waals surface area contributed by atoms with Gasteiger partial charge in [0.1, 0.15) is 5.15 Å². The van der Waals surface area contributed by atoms with Crippen LogP contribution in [0, 0.1) is 6.92 Å². The Kier molecular flexibility index (Phi) is 4.72. The van der Waals surface area contributed by atoms with E-state index in [0.29, 0.717) is 29.2 Å². The second-order valence-corrected chi connectivity index (χ2v) is 5.39. The first-order valence-corrected chi connectivity index (χ1v) is 7.54. The number of carbonyl (C=O) groups is 1. The van der Waals surface area contributed by atoms with E-state index in [2.05, 4.69) is 25.8 Å². The Labute approximate surface area is 143 Å². The minimum Gasteiger partial charge on any atom is -0.421 e. The topological polar surface area (TPSA) is 92.9 Å². The Bertz CT molecular complexity index is 830. The van der Waals surface area contributed by atoms with E-state index in [1.54, 1.807) is 49.5 Å². The lowest BCUT2D eigenvalue weighted by Gasteiger charge is -2.08. The number of anilines is 1. The van der Waals surface area contributed by atoms with Gasteiger partial charge in [-0.25, -0.2) is 9.78 Å². The Hall–Kier alpha value is -2.93. The fourth-order valence-electron chi connectivity index (χ4n) is 1.98. The first kappa shape index (κ1) is 15.9. The van der Waals surface area contributed by atoms with Gasteiger partial charge in [0.15, 0.2) is 0 Å². The normalized spacial score (nSPS) is 10.4. The van der Waals surface area contributed by atoms with Crippen molar-refractivity contribution in [3.05, 3.63) is 59.2 Å². The molecule has 0 saturated heterocycles. The third-order valence-electron chi connectivity index (χ3n) is 3.16. The molecule has 0 saturated carbocycles. The van der Waals surface area contributed by atoms with E-state index in [1.165, 1.54) is 0 Å². The third kappa shape index (κ3) is 4.08. The van der Waals surface area contributed by atoms with E-state index >= 15 is 0 Å². The van der Waals surface area contributed by atoms with Crippen molar-refractivity contribution in [1.29, 1.82) is 0 Å². The van der Waals surface area contributed by atoms with Crippen LogP contribution in [0.25, 0.3) is 11.5 Å². The maximum absolute atomic E-state index is 11.9. The highest BCUT2D eigenvalue weighted by Crippen LogP contribution is 2.19. The van der Waals surface area contributed by atoms with Gasteiger partial charge < -0.3 is 15.1 Å². The molecule has 3 aromatic rings. The fourth-order valence-corrected chi connectivity index (χ4v) is 2.09. The summed E-state index contributed by atoms with van der Waals surface area (Å²) in [7, 11) is 0. The summed E-state index contributed by atoms with van der Waals surface area (Å²) in [6.07, 6.45) is 1.61. The number of urea groups is 1. The van der Waals surface area contributed by atoms with Crippen LogP contribution in [-0.2, 0) is 6.54 Å². The zero-order valence-electron chi connectivity index (χ0n) is 12.8. The van der Waals surface area contributed by atoms with Crippen molar-refractivity contribution in [1.82, 2.24) is 20.5 Å². The summed E-state index contributed by atoms with van der Waals surface area (Å²) in [5.74, 6) is 0.946. The summed E-state index contributed by atoms with van der Waals surface area (Å²) in [4.78, 5) is 15.9. The Morgan fingerprint density at radius 3 is 2.58 bits per heavy atom. The molecule has 0 fully saturated rings. The molecule has 1 aromatic carbocycles. The summed E-state index contributed by atoms with van der Waals surface area (Å²) < 4.78 is 5.35. The zero-order chi connectivity index (χ0) is 16.9. The number of benzene rings is 1. The van der Waals surface area contributed by atoms with Crippen LogP contribution in [0.5, 0.6) is 0 Å². The molecule has 24 heavy (non-hydrogen) atoms.